The molecule has 0 saturated carbocycles. The van der Waals surface area contributed by atoms with Crippen LogP contribution in [0.5, 0.6) is 0 Å². The van der Waals surface area contributed by atoms with Gasteiger partial charge in [0.15, 0.2) is 0 Å². The first kappa shape index (κ1) is 67.8. The zero-order valence-electron chi connectivity index (χ0n) is 47.0. The molecule has 408 valence electrons. The van der Waals surface area contributed by atoms with Crippen molar-refractivity contribution in [2.45, 2.75) is 334 Å². The quantitative estimate of drug-likeness (QED) is 0.0420. The van der Waals surface area contributed by atoms with Gasteiger partial charge in [-0.1, -0.05) is 324 Å². The third-order valence-corrected chi connectivity index (χ3v) is 14.2. The number of carbonyl (C=O) groups is 1. The molecule has 0 aromatic rings. The molecule has 3 N–H and O–H groups in total. The van der Waals surface area contributed by atoms with Crippen LogP contribution in [0.4, 0.5) is 0 Å². The molecule has 1 amide bonds. The monoisotopic (exact) mass is 976 g/mol. The molecule has 2 atom stereocenters. The molecule has 4 nitrogen and oxygen atoms in total. The van der Waals surface area contributed by atoms with Crippen LogP contribution in [-0.4, -0.2) is 34.9 Å². The van der Waals surface area contributed by atoms with Crippen LogP contribution in [0.1, 0.15) is 322 Å². The molecule has 0 bridgehead atoms. The highest BCUT2D eigenvalue weighted by Gasteiger charge is 2.20. The molecule has 2 unspecified atom stereocenters. The van der Waals surface area contributed by atoms with Gasteiger partial charge in [-0.15, -0.1) is 0 Å². The van der Waals surface area contributed by atoms with E-state index < -0.39 is 12.1 Å². The largest absolute Gasteiger partial charge is 0.394 e. The fourth-order valence-corrected chi connectivity index (χ4v) is 9.54. The zero-order chi connectivity index (χ0) is 50.6. The van der Waals surface area contributed by atoms with Gasteiger partial charge in [0.1, 0.15) is 0 Å². The van der Waals surface area contributed by atoms with Crippen LogP contribution in [-0.2, 0) is 4.79 Å². The molecule has 0 saturated heterocycles. The Balaban J connectivity index is 3.47. The predicted molar refractivity (Wildman–Crippen MR) is 313 cm³/mol. The van der Waals surface area contributed by atoms with Crippen LogP contribution in [0, 0.1) is 0 Å². The molecular formula is C66H121NO3. The lowest BCUT2D eigenvalue weighted by Crippen LogP contribution is -2.45. The second kappa shape index (κ2) is 61.1. The van der Waals surface area contributed by atoms with E-state index in [1.54, 1.807) is 0 Å². The van der Waals surface area contributed by atoms with Gasteiger partial charge in [-0.3, -0.25) is 4.79 Å². The Bertz CT molecular complexity index is 1200. The summed E-state index contributed by atoms with van der Waals surface area (Å²) < 4.78 is 0. The van der Waals surface area contributed by atoms with Crippen molar-refractivity contribution in [1.82, 2.24) is 5.32 Å². The molecule has 0 aromatic carbocycles. The topological polar surface area (TPSA) is 69.6 Å². The summed E-state index contributed by atoms with van der Waals surface area (Å²) in [6, 6.07) is -0.551. The Hall–Kier alpha value is -2.17. The lowest BCUT2D eigenvalue weighted by molar-refractivity contribution is -0.123. The number of amides is 1. The van der Waals surface area contributed by atoms with Crippen molar-refractivity contribution in [2.24, 2.45) is 0 Å². The van der Waals surface area contributed by atoms with Crippen LogP contribution < -0.4 is 5.32 Å². The number of hydrogen-bond donors (Lipinski definition) is 3. The first-order valence-electron chi connectivity index (χ1n) is 31.1. The van der Waals surface area contributed by atoms with E-state index in [2.05, 4.69) is 92.1 Å². The van der Waals surface area contributed by atoms with E-state index in [0.29, 0.717) is 12.8 Å². The number of rotatable bonds is 57. The molecule has 4 heteroatoms. The second-order valence-electron chi connectivity index (χ2n) is 21.1. The van der Waals surface area contributed by atoms with E-state index in [9.17, 15) is 15.0 Å². The third-order valence-electron chi connectivity index (χ3n) is 14.2. The van der Waals surface area contributed by atoms with Crippen molar-refractivity contribution in [2.75, 3.05) is 6.61 Å². The first-order chi connectivity index (χ1) is 34.7. The molecule has 0 fully saturated rings. The van der Waals surface area contributed by atoms with Crippen molar-refractivity contribution < 1.29 is 15.0 Å². The normalized spacial score (nSPS) is 13.3. The van der Waals surface area contributed by atoms with Crippen LogP contribution in [0.3, 0.4) is 0 Å². The molecule has 0 spiro atoms. The average Bonchev–Trinajstić information content (AvgIpc) is 3.36. The van der Waals surface area contributed by atoms with Gasteiger partial charge in [0.2, 0.25) is 5.91 Å². The minimum Gasteiger partial charge on any atom is -0.394 e. The van der Waals surface area contributed by atoms with Crippen LogP contribution in [0.15, 0.2) is 72.9 Å². The highest BCUT2D eigenvalue weighted by molar-refractivity contribution is 5.76. The number of allylic oxidation sites excluding steroid dienone is 12. The molecule has 0 radical (unpaired) electrons. The summed E-state index contributed by atoms with van der Waals surface area (Å²) >= 11 is 0. The fraction of sp³-hybridized carbons (Fsp3) is 0.803. The van der Waals surface area contributed by atoms with Gasteiger partial charge >= 0.3 is 0 Å². The molecule has 0 aliphatic rings. The lowest BCUT2D eigenvalue weighted by Gasteiger charge is -2.22. The van der Waals surface area contributed by atoms with Crippen molar-refractivity contribution >= 4 is 5.91 Å². The first-order valence-corrected chi connectivity index (χ1v) is 31.1. The minimum absolute atomic E-state index is 0.0445. The van der Waals surface area contributed by atoms with Gasteiger partial charge in [0.25, 0.3) is 0 Å². The van der Waals surface area contributed by atoms with E-state index in [1.807, 2.05) is 0 Å². The van der Waals surface area contributed by atoms with Crippen molar-refractivity contribution in [3.63, 3.8) is 0 Å². The SMILES string of the molecule is CC/C=C\C/C=C\C/C=C\C/C=C\C/C=C\C/C=C\CCCCCCCCC(=O)NC(CO)C(O)CCCCCCCCCCCCCCCCCCCCCCCCCCCCCCCCCCC. The summed E-state index contributed by atoms with van der Waals surface area (Å²) in [4.78, 5) is 12.5. The van der Waals surface area contributed by atoms with Crippen LogP contribution in [0.25, 0.3) is 0 Å². The smallest absolute Gasteiger partial charge is 0.220 e. The maximum absolute atomic E-state index is 12.5. The second-order valence-corrected chi connectivity index (χ2v) is 21.1. The lowest BCUT2D eigenvalue weighted by atomic mass is 10.0. The summed E-state index contributed by atoms with van der Waals surface area (Å²) in [5.41, 5.74) is 0. The predicted octanol–water partition coefficient (Wildman–Crippen LogP) is 20.9. The number of nitrogens with one attached hydrogen (secondary N) is 1. The van der Waals surface area contributed by atoms with E-state index >= 15 is 0 Å². The Kier molecular flexibility index (Phi) is 59.2. The maximum atomic E-state index is 12.5. The summed E-state index contributed by atoms with van der Waals surface area (Å²) in [7, 11) is 0. The highest BCUT2D eigenvalue weighted by atomic mass is 16.3. The Morgan fingerprint density at radius 2 is 0.629 bits per heavy atom. The summed E-state index contributed by atoms with van der Waals surface area (Å²) in [5.74, 6) is -0.0445. The van der Waals surface area contributed by atoms with Crippen LogP contribution in [0.2, 0.25) is 0 Å². The van der Waals surface area contributed by atoms with Crippen molar-refractivity contribution in [3.8, 4) is 0 Å². The summed E-state index contributed by atoms with van der Waals surface area (Å²) in [6.45, 7) is 4.26. The fourth-order valence-electron chi connectivity index (χ4n) is 9.54. The van der Waals surface area contributed by atoms with E-state index in [0.717, 1.165) is 77.0 Å². The maximum Gasteiger partial charge on any atom is 0.220 e. The number of carbonyl (C=O) groups excluding carboxylic acids is 1. The summed E-state index contributed by atoms with van der Waals surface area (Å²) in [6.07, 6.45) is 87.8. The molecule has 0 aliphatic carbocycles. The van der Waals surface area contributed by atoms with Gasteiger partial charge in [-0.05, 0) is 64.2 Å². The molecular weight excluding hydrogens is 855 g/mol. The molecule has 0 aliphatic heterocycles. The minimum atomic E-state index is -0.673. The van der Waals surface area contributed by atoms with Crippen molar-refractivity contribution in [1.29, 1.82) is 0 Å². The van der Waals surface area contributed by atoms with Gasteiger partial charge in [0, 0.05) is 6.42 Å². The number of aliphatic hydroxyl groups is 2. The summed E-state index contributed by atoms with van der Waals surface area (Å²) in [5, 5.41) is 23.4. The zero-order valence-corrected chi connectivity index (χ0v) is 47.0. The van der Waals surface area contributed by atoms with Crippen LogP contribution >= 0.6 is 0 Å². The molecule has 0 rings (SSSR count). The number of aliphatic hydroxyl groups excluding tert-OH is 2. The van der Waals surface area contributed by atoms with E-state index in [1.165, 1.54) is 218 Å². The van der Waals surface area contributed by atoms with Crippen molar-refractivity contribution in [3.05, 3.63) is 72.9 Å². The van der Waals surface area contributed by atoms with Gasteiger partial charge in [-0.2, -0.15) is 0 Å². The average molecular weight is 977 g/mol. The molecule has 70 heavy (non-hydrogen) atoms. The highest BCUT2D eigenvalue weighted by Crippen LogP contribution is 2.18. The molecule has 0 heterocycles. The number of unbranched alkanes of at least 4 members (excludes halogenated alkanes) is 38. The van der Waals surface area contributed by atoms with Gasteiger partial charge in [0.05, 0.1) is 18.8 Å². The van der Waals surface area contributed by atoms with Gasteiger partial charge in [-0.25, -0.2) is 0 Å². The standard InChI is InChI=1S/C66H121NO3/c1-3-5-7-9-11-13-15-17-19-21-23-25-27-29-30-31-32-33-34-35-36-38-39-41-43-45-47-49-51-53-55-57-59-61-65(69)64(63-68)67-66(70)62-60-58-56-54-52-50-48-46-44-42-40-37-28-26-24-22-20-18-16-14-12-10-8-6-4-2/h6,8,12,14,18,20,24,26,37,40,44,46,64-65,68-69H,3-5,7,9-11,13,15-17,19,21-23,25,27-36,38-39,41-43,45,47-63H2,1-2H3,(H,67,70)/b8-6-,14-12-,20-18-,26-24-,40-37-,46-44-. The Morgan fingerprint density at radius 3 is 0.943 bits per heavy atom. The Labute approximate surface area is 438 Å². The Morgan fingerprint density at radius 1 is 0.357 bits per heavy atom. The van der Waals surface area contributed by atoms with Gasteiger partial charge < -0.3 is 15.5 Å². The third kappa shape index (κ3) is 56.7. The van der Waals surface area contributed by atoms with E-state index in [4.69, 9.17) is 0 Å². The van der Waals surface area contributed by atoms with E-state index in [-0.39, 0.29) is 12.5 Å². The molecule has 0 aromatic heterocycles. The number of hydrogen-bond acceptors (Lipinski definition) is 3.